The van der Waals surface area contributed by atoms with Gasteiger partial charge in [0.15, 0.2) is 0 Å². The molecule has 1 saturated heterocycles. The second kappa shape index (κ2) is 7.71. The second-order valence-electron chi connectivity index (χ2n) is 5.31. The molecular weight excluding hydrogens is 304 g/mol. The van der Waals surface area contributed by atoms with Crippen molar-refractivity contribution in [1.82, 2.24) is 9.62 Å². The minimum absolute atomic E-state index is 0.00300. The van der Waals surface area contributed by atoms with E-state index in [0.29, 0.717) is 25.9 Å². The lowest BCUT2D eigenvalue weighted by Gasteiger charge is -2.33. The van der Waals surface area contributed by atoms with Crippen molar-refractivity contribution in [3.05, 3.63) is 30.3 Å². The standard InChI is InChI=1S/C15H22N2O4S/c18-12-6-10-16-15(19)14-9-4-5-11-17(14)22(20,21)13-7-2-1-3-8-13/h1-3,7-8,14,18H,4-6,9-12H2,(H,16,19). The smallest absolute Gasteiger partial charge is 0.243 e. The Bertz CT molecular complexity index is 589. The third-order valence-corrected chi connectivity index (χ3v) is 5.66. The van der Waals surface area contributed by atoms with Crippen LogP contribution in [-0.2, 0) is 14.8 Å². The van der Waals surface area contributed by atoms with Crippen molar-refractivity contribution in [2.75, 3.05) is 19.7 Å². The van der Waals surface area contributed by atoms with Crippen molar-refractivity contribution >= 4 is 15.9 Å². The summed E-state index contributed by atoms with van der Waals surface area (Å²) in [6.45, 7) is 0.706. The maximum atomic E-state index is 12.7. The molecule has 2 rings (SSSR count). The minimum atomic E-state index is -3.66. The highest BCUT2D eigenvalue weighted by Crippen LogP contribution is 2.25. The lowest BCUT2D eigenvalue weighted by Crippen LogP contribution is -2.51. The summed E-state index contributed by atoms with van der Waals surface area (Å²) in [4.78, 5) is 12.5. The molecule has 1 atom stereocenters. The van der Waals surface area contributed by atoms with Crippen molar-refractivity contribution in [3.63, 3.8) is 0 Å². The first kappa shape index (κ1) is 16.9. The number of sulfonamides is 1. The number of aliphatic hydroxyl groups excluding tert-OH is 1. The van der Waals surface area contributed by atoms with E-state index in [1.54, 1.807) is 30.3 Å². The van der Waals surface area contributed by atoms with Crippen LogP contribution in [0.1, 0.15) is 25.7 Å². The van der Waals surface area contributed by atoms with Crippen molar-refractivity contribution < 1.29 is 18.3 Å². The molecule has 0 radical (unpaired) electrons. The highest BCUT2D eigenvalue weighted by Gasteiger charge is 2.37. The summed E-state index contributed by atoms with van der Waals surface area (Å²) in [5.41, 5.74) is 0. The zero-order valence-electron chi connectivity index (χ0n) is 12.4. The van der Waals surface area contributed by atoms with Crippen molar-refractivity contribution in [1.29, 1.82) is 0 Å². The number of benzene rings is 1. The average molecular weight is 326 g/mol. The predicted octanol–water partition coefficient (Wildman–Crippen LogP) is 0.728. The van der Waals surface area contributed by atoms with Crippen LogP contribution in [0, 0.1) is 0 Å². The molecule has 7 heteroatoms. The van der Waals surface area contributed by atoms with Gasteiger partial charge in [0.25, 0.3) is 0 Å². The van der Waals surface area contributed by atoms with Crippen LogP contribution in [0.25, 0.3) is 0 Å². The summed E-state index contributed by atoms with van der Waals surface area (Å²) in [6, 6.07) is 7.53. The third-order valence-electron chi connectivity index (χ3n) is 3.74. The van der Waals surface area contributed by atoms with Gasteiger partial charge in [-0.1, -0.05) is 24.6 Å². The zero-order chi connectivity index (χ0) is 16.0. The molecule has 0 aromatic heterocycles. The molecule has 2 N–H and O–H groups in total. The van der Waals surface area contributed by atoms with Crippen LogP contribution < -0.4 is 5.32 Å². The maximum Gasteiger partial charge on any atom is 0.243 e. The average Bonchev–Trinajstić information content (AvgIpc) is 2.56. The van der Waals surface area contributed by atoms with Crippen LogP contribution >= 0.6 is 0 Å². The molecule has 1 aromatic carbocycles. The van der Waals surface area contributed by atoms with E-state index < -0.39 is 16.1 Å². The number of piperidine rings is 1. The molecule has 1 aromatic rings. The van der Waals surface area contributed by atoms with Gasteiger partial charge in [-0.05, 0) is 31.4 Å². The number of hydrogen-bond donors (Lipinski definition) is 2. The van der Waals surface area contributed by atoms with Gasteiger partial charge < -0.3 is 10.4 Å². The molecule has 1 heterocycles. The van der Waals surface area contributed by atoms with E-state index in [1.807, 2.05) is 0 Å². The minimum Gasteiger partial charge on any atom is -0.396 e. The Morgan fingerprint density at radius 2 is 2.00 bits per heavy atom. The van der Waals surface area contributed by atoms with E-state index in [2.05, 4.69) is 5.32 Å². The number of rotatable bonds is 6. The summed E-state index contributed by atoms with van der Waals surface area (Å²) in [7, 11) is -3.66. The lowest BCUT2D eigenvalue weighted by molar-refractivity contribution is -0.125. The predicted molar refractivity (Wildman–Crippen MR) is 82.7 cm³/mol. The largest absolute Gasteiger partial charge is 0.396 e. The number of carbonyl (C=O) groups excluding carboxylic acids is 1. The Morgan fingerprint density at radius 1 is 1.27 bits per heavy atom. The van der Waals surface area contributed by atoms with Gasteiger partial charge >= 0.3 is 0 Å². The highest BCUT2D eigenvalue weighted by molar-refractivity contribution is 7.89. The van der Waals surface area contributed by atoms with E-state index in [4.69, 9.17) is 5.11 Å². The van der Waals surface area contributed by atoms with Crippen LogP contribution in [0.5, 0.6) is 0 Å². The number of aliphatic hydroxyl groups is 1. The van der Waals surface area contributed by atoms with Crippen LogP contribution in [-0.4, -0.2) is 49.5 Å². The molecule has 1 aliphatic rings. The molecule has 0 spiro atoms. The SMILES string of the molecule is O=C(NCCCO)C1CCCCN1S(=O)(=O)c1ccccc1. The second-order valence-corrected chi connectivity index (χ2v) is 7.20. The Morgan fingerprint density at radius 3 is 2.68 bits per heavy atom. The summed E-state index contributed by atoms with van der Waals surface area (Å²) < 4.78 is 26.8. The summed E-state index contributed by atoms with van der Waals surface area (Å²) in [6.07, 6.45) is 2.58. The summed E-state index contributed by atoms with van der Waals surface area (Å²) in [5.74, 6) is -0.285. The van der Waals surface area contributed by atoms with Crippen LogP contribution in [0.3, 0.4) is 0 Å². The molecule has 0 saturated carbocycles. The molecule has 1 amide bonds. The van der Waals surface area contributed by atoms with Crippen LogP contribution in [0.4, 0.5) is 0 Å². The quantitative estimate of drug-likeness (QED) is 0.755. The van der Waals surface area contributed by atoms with Gasteiger partial charge in [0.1, 0.15) is 6.04 Å². The monoisotopic (exact) mass is 326 g/mol. The summed E-state index contributed by atoms with van der Waals surface area (Å²) >= 11 is 0. The Labute approximate surface area is 131 Å². The third kappa shape index (κ3) is 3.85. The van der Waals surface area contributed by atoms with Gasteiger partial charge in [-0.3, -0.25) is 4.79 Å². The Balaban J connectivity index is 2.17. The molecule has 0 bridgehead atoms. The molecule has 1 fully saturated rings. The van der Waals surface area contributed by atoms with Gasteiger partial charge in [0, 0.05) is 19.7 Å². The number of nitrogens with zero attached hydrogens (tertiary/aromatic N) is 1. The van der Waals surface area contributed by atoms with Gasteiger partial charge in [-0.2, -0.15) is 4.31 Å². The number of amides is 1. The number of nitrogens with one attached hydrogen (secondary N) is 1. The van der Waals surface area contributed by atoms with Crippen molar-refractivity contribution in [2.45, 2.75) is 36.6 Å². The van der Waals surface area contributed by atoms with Crippen molar-refractivity contribution in [3.8, 4) is 0 Å². The van der Waals surface area contributed by atoms with Crippen molar-refractivity contribution in [2.24, 2.45) is 0 Å². The Hall–Kier alpha value is -1.44. The lowest BCUT2D eigenvalue weighted by atomic mass is 10.0. The van der Waals surface area contributed by atoms with Gasteiger partial charge in [0.05, 0.1) is 4.90 Å². The van der Waals surface area contributed by atoms with E-state index >= 15 is 0 Å². The van der Waals surface area contributed by atoms with E-state index in [-0.39, 0.29) is 17.4 Å². The fourth-order valence-corrected chi connectivity index (χ4v) is 4.27. The topological polar surface area (TPSA) is 86.7 Å². The molecule has 22 heavy (non-hydrogen) atoms. The van der Waals surface area contributed by atoms with Crippen LogP contribution in [0.2, 0.25) is 0 Å². The van der Waals surface area contributed by atoms with Gasteiger partial charge in [-0.25, -0.2) is 8.42 Å². The first-order valence-electron chi connectivity index (χ1n) is 7.53. The molecule has 1 unspecified atom stereocenters. The van der Waals surface area contributed by atoms with E-state index in [1.165, 1.54) is 4.31 Å². The molecule has 6 nitrogen and oxygen atoms in total. The van der Waals surface area contributed by atoms with E-state index in [0.717, 1.165) is 12.8 Å². The first-order chi connectivity index (χ1) is 10.6. The first-order valence-corrected chi connectivity index (χ1v) is 8.97. The van der Waals surface area contributed by atoms with Crippen LogP contribution in [0.15, 0.2) is 35.2 Å². The zero-order valence-corrected chi connectivity index (χ0v) is 13.3. The fraction of sp³-hybridized carbons (Fsp3) is 0.533. The number of carbonyl (C=O) groups is 1. The fourth-order valence-electron chi connectivity index (χ4n) is 2.59. The molecule has 0 aliphatic carbocycles. The maximum absolute atomic E-state index is 12.7. The van der Waals surface area contributed by atoms with Gasteiger partial charge in [-0.15, -0.1) is 0 Å². The normalized spacial score (nSPS) is 19.8. The highest BCUT2D eigenvalue weighted by atomic mass is 32.2. The van der Waals surface area contributed by atoms with E-state index in [9.17, 15) is 13.2 Å². The number of hydrogen-bond acceptors (Lipinski definition) is 4. The summed E-state index contributed by atoms with van der Waals surface area (Å²) in [5, 5.41) is 11.5. The molecule has 122 valence electrons. The van der Waals surface area contributed by atoms with Gasteiger partial charge in [0.2, 0.25) is 15.9 Å². The Kier molecular flexibility index (Phi) is 5.93. The molecule has 1 aliphatic heterocycles. The molecular formula is C15H22N2O4S.